The van der Waals surface area contributed by atoms with E-state index < -0.39 is 41.2 Å². The zero-order valence-electron chi connectivity index (χ0n) is 19.4. The predicted molar refractivity (Wildman–Crippen MR) is 121 cm³/mol. The average molecular weight is 472 g/mol. The van der Waals surface area contributed by atoms with Crippen LogP contribution in [0.1, 0.15) is 31.9 Å². The third-order valence-electron chi connectivity index (χ3n) is 5.00. The summed E-state index contributed by atoms with van der Waals surface area (Å²) in [4.78, 5) is 37.7. The molecule has 0 radical (unpaired) electrons. The molecule has 0 spiro atoms. The van der Waals surface area contributed by atoms with Crippen LogP contribution in [0.3, 0.4) is 0 Å². The Morgan fingerprint density at radius 1 is 1.06 bits per heavy atom. The first-order valence-corrected chi connectivity index (χ1v) is 10.6. The fourth-order valence-electron chi connectivity index (χ4n) is 3.51. The Hall–Kier alpha value is -3.75. The highest BCUT2D eigenvalue weighted by Gasteiger charge is 2.26. The monoisotopic (exact) mass is 472 g/mol. The summed E-state index contributed by atoms with van der Waals surface area (Å²) in [5.41, 5.74) is 0.463. The van der Waals surface area contributed by atoms with Gasteiger partial charge in [-0.15, -0.1) is 0 Å². The summed E-state index contributed by atoms with van der Waals surface area (Å²) >= 11 is 0. The number of amides is 1. The normalized spacial score (nSPS) is 12.3. The lowest BCUT2D eigenvalue weighted by atomic mass is 10.0. The van der Waals surface area contributed by atoms with E-state index in [0.29, 0.717) is 22.5 Å². The highest BCUT2D eigenvalue weighted by atomic mass is 19.1. The third kappa shape index (κ3) is 5.98. The first kappa shape index (κ1) is 24.9. The topological polar surface area (TPSA) is 86.6 Å². The molecular formula is C25H26F2N2O5. The van der Waals surface area contributed by atoms with Crippen molar-refractivity contribution in [2.24, 2.45) is 0 Å². The van der Waals surface area contributed by atoms with Crippen molar-refractivity contribution in [3.05, 3.63) is 71.4 Å². The summed E-state index contributed by atoms with van der Waals surface area (Å²) in [5.74, 6) is -2.96. The Bertz CT molecular complexity index is 1230. The summed E-state index contributed by atoms with van der Waals surface area (Å²) in [6, 6.07) is 8.89. The lowest BCUT2D eigenvalue weighted by molar-refractivity contribution is -0.145. The Labute approximate surface area is 195 Å². The van der Waals surface area contributed by atoms with Crippen molar-refractivity contribution in [1.82, 2.24) is 9.88 Å². The van der Waals surface area contributed by atoms with Crippen LogP contribution in [-0.4, -0.2) is 41.3 Å². The van der Waals surface area contributed by atoms with Crippen LogP contribution in [-0.2, 0) is 31.9 Å². The molecule has 0 saturated carbocycles. The van der Waals surface area contributed by atoms with Crippen LogP contribution in [0.4, 0.5) is 13.6 Å². The second-order valence-corrected chi connectivity index (χ2v) is 8.78. The van der Waals surface area contributed by atoms with E-state index in [2.05, 4.69) is 5.32 Å². The van der Waals surface area contributed by atoms with Gasteiger partial charge in [-0.1, -0.05) is 24.3 Å². The van der Waals surface area contributed by atoms with Gasteiger partial charge in [-0.25, -0.2) is 18.4 Å². The Balaban J connectivity index is 1.86. The number of hydrogen-bond donors (Lipinski definition) is 1. The van der Waals surface area contributed by atoms with E-state index >= 15 is 0 Å². The molecule has 0 aliphatic heterocycles. The number of esters is 1. The lowest BCUT2D eigenvalue weighted by Gasteiger charge is -2.19. The van der Waals surface area contributed by atoms with Gasteiger partial charge in [0.2, 0.25) is 5.91 Å². The van der Waals surface area contributed by atoms with Crippen LogP contribution >= 0.6 is 0 Å². The number of para-hydroxylation sites is 1. The molecule has 1 atom stereocenters. The van der Waals surface area contributed by atoms with Gasteiger partial charge in [-0.2, -0.15) is 0 Å². The maximum Gasteiger partial charge on any atom is 0.419 e. The van der Waals surface area contributed by atoms with Crippen molar-refractivity contribution in [1.29, 1.82) is 0 Å². The van der Waals surface area contributed by atoms with Gasteiger partial charge in [0, 0.05) is 24.1 Å². The van der Waals surface area contributed by atoms with Gasteiger partial charge in [-0.3, -0.25) is 9.36 Å². The van der Waals surface area contributed by atoms with E-state index in [0.717, 1.165) is 6.07 Å². The van der Waals surface area contributed by atoms with Gasteiger partial charge in [0.1, 0.15) is 23.3 Å². The summed E-state index contributed by atoms with van der Waals surface area (Å²) in [6.07, 6.45) is 0.598. The molecule has 3 aromatic rings. The van der Waals surface area contributed by atoms with Crippen molar-refractivity contribution in [3.63, 3.8) is 0 Å². The van der Waals surface area contributed by atoms with Crippen LogP contribution < -0.4 is 5.32 Å². The quantitative estimate of drug-likeness (QED) is 0.545. The largest absolute Gasteiger partial charge is 0.467 e. The number of benzene rings is 2. The minimum atomic E-state index is -1.10. The number of rotatable bonds is 6. The number of nitrogens with zero attached hydrogens (tertiary/aromatic N) is 1. The number of halogens is 2. The van der Waals surface area contributed by atoms with Crippen molar-refractivity contribution >= 4 is 28.9 Å². The zero-order valence-corrected chi connectivity index (χ0v) is 19.4. The molecule has 1 aromatic heterocycles. The average Bonchev–Trinajstić information content (AvgIpc) is 3.12. The van der Waals surface area contributed by atoms with E-state index in [4.69, 9.17) is 9.47 Å². The van der Waals surface area contributed by atoms with Crippen molar-refractivity contribution in [3.8, 4) is 0 Å². The van der Waals surface area contributed by atoms with Crippen LogP contribution in [0, 0.1) is 11.6 Å². The fraction of sp³-hybridized carbons (Fsp3) is 0.320. The molecule has 0 bridgehead atoms. The summed E-state index contributed by atoms with van der Waals surface area (Å²) < 4.78 is 38.7. The molecular weight excluding hydrogens is 446 g/mol. The minimum Gasteiger partial charge on any atom is -0.467 e. The molecule has 3 rings (SSSR count). The molecule has 1 amide bonds. The van der Waals surface area contributed by atoms with E-state index in [-0.39, 0.29) is 18.4 Å². The van der Waals surface area contributed by atoms with Crippen LogP contribution in [0.2, 0.25) is 0 Å². The number of nitrogens with one attached hydrogen (secondary N) is 1. The maximum atomic E-state index is 13.9. The molecule has 0 aliphatic carbocycles. The maximum absolute atomic E-state index is 13.9. The van der Waals surface area contributed by atoms with Gasteiger partial charge >= 0.3 is 12.1 Å². The SMILES string of the molecule is COC(=O)[C@@H](Cc1cn(C(=O)OC(C)(C)C)c2ccccc12)NC(=O)Cc1ccc(F)cc1F. The van der Waals surface area contributed by atoms with Crippen LogP contribution in [0.25, 0.3) is 10.9 Å². The van der Waals surface area contributed by atoms with Crippen LogP contribution in [0.15, 0.2) is 48.7 Å². The number of ether oxygens (including phenoxy) is 2. The minimum absolute atomic E-state index is 0.0101. The van der Waals surface area contributed by atoms with E-state index in [9.17, 15) is 23.2 Å². The molecule has 0 saturated heterocycles. The number of carbonyl (C=O) groups is 3. The second-order valence-electron chi connectivity index (χ2n) is 8.78. The molecule has 7 nitrogen and oxygen atoms in total. The highest BCUT2D eigenvalue weighted by molar-refractivity contribution is 5.93. The van der Waals surface area contributed by atoms with Gasteiger partial charge in [0.25, 0.3) is 0 Å². The van der Waals surface area contributed by atoms with Crippen molar-refractivity contribution in [2.45, 2.75) is 45.3 Å². The molecule has 180 valence electrons. The number of fused-ring (bicyclic) bond motifs is 1. The first-order valence-electron chi connectivity index (χ1n) is 10.6. The number of aromatic nitrogens is 1. The Kier molecular flexibility index (Phi) is 7.34. The molecule has 2 aromatic carbocycles. The number of hydrogen-bond acceptors (Lipinski definition) is 5. The van der Waals surface area contributed by atoms with E-state index in [1.165, 1.54) is 17.7 Å². The highest BCUT2D eigenvalue weighted by Crippen LogP contribution is 2.24. The van der Waals surface area contributed by atoms with Gasteiger partial charge in [0.15, 0.2) is 0 Å². The molecule has 9 heteroatoms. The van der Waals surface area contributed by atoms with E-state index in [1.807, 2.05) is 0 Å². The van der Waals surface area contributed by atoms with Crippen molar-refractivity contribution < 1.29 is 32.6 Å². The van der Waals surface area contributed by atoms with Crippen LogP contribution in [0.5, 0.6) is 0 Å². The van der Waals surface area contributed by atoms with Crippen molar-refractivity contribution in [2.75, 3.05) is 7.11 Å². The molecule has 34 heavy (non-hydrogen) atoms. The zero-order chi connectivity index (χ0) is 25.0. The first-order chi connectivity index (χ1) is 16.0. The molecule has 1 heterocycles. The standard InChI is InChI=1S/C25H26F2N2O5/c1-25(2,3)34-24(32)29-14-16(18-7-5-6-8-21(18)29)11-20(23(31)33-4)28-22(30)12-15-9-10-17(26)13-19(15)27/h5-10,13-14,20H,11-12H2,1-4H3,(H,28,30)/t20-/m1/s1. The smallest absolute Gasteiger partial charge is 0.419 e. The summed E-state index contributed by atoms with van der Waals surface area (Å²) in [5, 5.41) is 3.24. The Morgan fingerprint density at radius 3 is 2.41 bits per heavy atom. The second kappa shape index (κ2) is 10.0. The Morgan fingerprint density at radius 2 is 1.76 bits per heavy atom. The lowest BCUT2D eigenvalue weighted by Crippen LogP contribution is -2.43. The van der Waals surface area contributed by atoms with Gasteiger partial charge in [0.05, 0.1) is 19.0 Å². The van der Waals surface area contributed by atoms with E-state index in [1.54, 1.807) is 51.2 Å². The fourth-order valence-corrected chi connectivity index (χ4v) is 3.51. The molecule has 0 unspecified atom stereocenters. The van der Waals surface area contributed by atoms with Gasteiger partial charge < -0.3 is 14.8 Å². The summed E-state index contributed by atoms with van der Waals surface area (Å²) in [6.45, 7) is 5.26. The summed E-state index contributed by atoms with van der Waals surface area (Å²) in [7, 11) is 1.19. The third-order valence-corrected chi connectivity index (χ3v) is 5.00. The molecule has 0 aliphatic rings. The number of methoxy groups -OCH3 is 1. The van der Waals surface area contributed by atoms with Gasteiger partial charge in [-0.05, 0) is 44.0 Å². The predicted octanol–water partition coefficient (Wildman–Crippen LogP) is 4.15. The number of carbonyl (C=O) groups excluding carboxylic acids is 3. The molecule has 0 fully saturated rings. The molecule has 1 N–H and O–H groups in total.